The third kappa shape index (κ3) is 6.82. The Morgan fingerprint density at radius 3 is 2.00 bits per heavy atom. The van der Waals surface area contributed by atoms with Crippen molar-refractivity contribution in [2.75, 3.05) is 0 Å². The number of hydrogen-bond donors (Lipinski definition) is 0. The molecule has 0 fully saturated rings. The van der Waals surface area contributed by atoms with Crippen LogP contribution in [0.4, 0.5) is 0 Å². The van der Waals surface area contributed by atoms with E-state index in [4.69, 9.17) is 0 Å². The first-order valence-corrected chi connectivity index (χ1v) is 9.83. The van der Waals surface area contributed by atoms with Gasteiger partial charge in [0.25, 0.3) is 0 Å². The van der Waals surface area contributed by atoms with Crippen molar-refractivity contribution in [3.63, 3.8) is 0 Å². The molecule has 0 nitrogen and oxygen atoms in total. The fourth-order valence-electron chi connectivity index (χ4n) is 0.474. The zero-order valence-electron chi connectivity index (χ0n) is 5.57. The van der Waals surface area contributed by atoms with E-state index >= 15 is 0 Å². The molecule has 0 saturated carbocycles. The van der Waals surface area contributed by atoms with Gasteiger partial charge in [-0.3, -0.25) is 0 Å². The fourth-order valence-corrected chi connectivity index (χ4v) is 3.18. The summed E-state index contributed by atoms with van der Waals surface area (Å²) in [7, 11) is 0. The Balaban J connectivity index is 2.68. The van der Waals surface area contributed by atoms with E-state index in [-0.39, 0.29) is 0 Å². The Kier molecular flexibility index (Phi) is 5.55. The third-order valence-electron chi connectivity index (χ3n) is 0.959. The third-order valence-corrected chi connectivity index (χ3v) is 4.41. The van der Waals surface area contributed by atoms with E-state index in [2.05, 4.69) is 16.7 Å². The second kappa shape index (κ2) is 4.96. The Morgan fingerprint density at radius 2 is 1.86 bits per heavy atom. The molecule has 0 aromatic carbocycles. The SMILES string of the molecule is CCC[CH2][Sb]([CH3])[CH3]. The molecule has 7 heavy (non-hydrogen) atoms. The van der Waals surface area contributed by atoms with Crippen LogP contribution in [0.3, 0.4) is 0 Å². The van der Waals surface area contributed by atoms with Gasteiger partial charge in [0.15, 0.2) is 0 Å². The normalized spacial score (nSPS) is 10.3. The van der Waals surface area contributed by atoms with Gasteiger partial charge in [0.2, 0.25) is 0 Å². The molecule has 0 heterocycles. The maximum absolute atomic E-state index is 2.46. The monoisotopic (exact) mass is 208 g/mol. The molecule has 0 saturated heterocycles. The van der Waals surface area contributed by atoms with Crippen molar-refractivity contribution < 1.29 is 0 Å². The van der Waals surface area contributed by atoms with Crippen LogP contribution in [0.25, 0.3) is 0 Å². The summed E-state index contributed by atoms with van der Waals surface area (Å²) in [6, 6.07) is 0. The Hall–Kier alpha value is 0.818. The molecule has 0 radical (unpaired) electrons. The topological polar surface area (TPSA) is 0 Å². The first-order chi connectivity index (χ1) is 3.27. The minimum atomic E-state index is -0.537. The van der Waals surface area contributed by atoms with Gasteiger partial charge in [-0.25, -0.2) is 0 Å². The number of rotatable bonds is 3. The van der Waals surface area contributed by atoms with E-state index in [1.165, 1.54) is 12.8 Å². The Bertz CT molecular complexity index is 33.2. The Morgan fingerprint density at radius 1 is 1.29 bits per heavy atom. The molecule has 1 heteroatoms. The van der Waals surface area contributed by atoms with E-state index in [0.717, 1.165) is 0 Å². The molecule has 0 aliphatic heterocycles. The summed E-state index contributed by atoms with van der Waals surface area (Å²) in [4.78, 5) is 4.91. The molecular formula is C6H15Sb. The predicted molar refractivity (Wildman–Crippen MR) is 37.2 cm³/mol. The average Bonchev–Trinajstić information content (AvgIpc) is 1.61. The van der Waals surface area contributed by atoms with E-state index in [1.54, 1.807) is 4.37 Å². The average molecular weight is 209 g/mol. The number of hydrogen-bond acceptors (Lipinski definition) is 0. The van der Waals surface area contributed by atoms with E-state index in [1.807, 2.05) is 0 Å². The predicted octanol–water partition coefficient (Wildman–Crippen LogP) is 2.54. The van der Waals surface area contributed by atoms with Crippen LogP contribution >= 0.6 is 0 Å². The Labute approximate surface area is 54.3 Å². The molecule has 44 valence electrons. The van der Waals surface area contributed by atoms with Gasteiger partial charge in [-0.05, 0) is 0 Å². The molecule has 0 N–H and O–H groups in total. The summed E-state index contributed by atoms with van der Waals surface area (Å²) in [5.74, 6) is 0. The first-order valence-electron chi connectivity index (χ1n) is 2.92. The van der Waals surface area contributed by atoms with Gasteiger partial charge in [0.1, 0.15) is 0 Å². The minimum absolute atomic E-state index is 0.537. The second-order valence-corrected chi connectivity index (χ2v) is 9.60. The van der Waals surface area contributed by atoms with Gasteiger partial charge < -0.3 is 0 Å². The number of unbranched alkanes of at least 4 members (excludes halogenated alkanes) is 1. The fraction of sp³-hybridized carbons (Fsp3) is 1.00. The summed E-state index contributed by atoms with van der Waals surface area (Å²) >= 11 is -0.537. The molecule has 0 bridgehead atoms. The zero-order chi connectivity index (χ0) is 5.70. The van der Waals surface area contributed by atoms with Crippen molar-refractivity contribution in [1.82, 2.24) is 0 Å². The van der Waals surface area contributed by atoms with Crippen molar-refractivity contribution in [3.8, 4) is 0 Å². The standard InChI is InChI=1S/C4H9.2CH3.Sb/c1-3-4-2;;;/h1,3-4H2,2H3;2*1H3;. The van der Waals surface area contributed by atoms with Crippen LogP contribution in [0.1, 0.15) is 19.8 Å². The van der Waals surface area contributed by atoms with Gasteiger partial charge in [0.05, 0.1) is 0 Å². The second-order valence-electron chi connectivity index (χ2n) is 2.16. The van der Waals surface area contributed by atoms with Gasteiger partial charge in [0, 0.05) is 0 Å². The van der Waals surface area contributed by atoms with Crippen molar-refractivity contribution in [2.45, 2.75) is 33.9 Å². The van der Waals surface area contributed by atoms with Gasteiger partial charge in [-0.2, -0.15) is 0 Å². The van der Waals surface area contributed by atoms with Crippen LogP contribution in [0.5, 0.6) is 0 Å². The molecule has 0 aliphatic carbocycles. The maximum atomic E-state index is 2.46. The summed E-state index contributed by atoms with van der Waals surface area (Å²) in [6.07, 6.45) is 2.87. The van der Waals surface area contributed by atoms with Crippen LogP contribution in [0.2, 0.25) is 14.1 Å². The van der Waals surface area contributed by atoms with Crippen LogP contribution in [0.15, 0.2) is 0 Å². The summed E-state index contributed by atoms with van der Waals surface area (Å²) in [5, 5.41) is 0. The van der Waals surface area contributed by atoms with Crippen LogP contribution in [-0.2, 0) is 0 Å². The van der Waals surface area contributed by atoms with Crippen molar-refractivity contribution in [1.29, 1.82) is 0 Å². The van der Waals surface area contributed by atoms with Crippen LogP contribution < -0.4 is 0 Å². The van der Waals surface area contributed by atoms with Crippen molar-refractivity contribution >= 4 is 20.2 Å². The molecule has 0 aliphatic rings. The van der Waals surface area contributed by atoms with Crippen LogP contribution in [-0.4, -0.2) is 20.2 Å². The first kappa shape index (κ1) is 7.82. The van der Waals surface area contributed by atoms with E-state index in [9.17, 15) is 0 Å². The van der Waals surface area contributed by atoms with Gasteiger partial charge >= 0.3 is 54.1 Å². The summed E-state index contributed by atoms with van der Waals surface area (Å²) in [6.45, 7) is 2.27. The van der Waals surface area contributed by atoms with Crippen molar-refractivity contribution in [3.05, 3.63) is 0 Å². The summed E-state index contributed by atoms with van der Waals surface area (Å²) in [5.41, 5.74) is 0. The van der Waals surface area contributed by atoms with Crippen LogP contribution in [0, 0.1) is 0 Å². The van der Waals surface area contributed by atoms with Gasteiger partial charge in [-0.15, -0.1) is 0 Å². The van der Waals surface area contributed by atoms with E-state index in [0.29, 0.717) is 0 Å². The quantitative estimate of drug-likeness (QED) is 0.626. The molecule has 0 spiro atoms. The van der Waals surface area contributed by atoms with Gasteiger partial charge in [-0.1, -0.05) is 0 Å². The summed E-state index contributed by atoms with van der Waals surface area (Å²) < 4.78 is 1.58. The molecule has 0 aromatic rings. The van der Waals surface area contributed by atoms with E-state index < -0.39 is 20.2 Å². The molecular weight excluding hydrogens is 194 g/mol. The zero-order valence-corrected chi connectivity index (χ0v) is 8.12. The molecule has 0 rings (SSSR count). The molecule has 0 amide bonds. The molecule has 0 atom stereocenters. The molecule has 0 unspecified atom stereocenters. The van der Waals surface area contributed by atoms with Crippen molar-refractivity contribution in [2.24, 2.45) is 0 Å². The molecule has 0 aromatic heterocycles.